The number of benzene rings is 1. The van der Waals surface area contributed by atoms with Crippen LogP contribution in [0.3, 0.4) is 0 Å². The van der Waals surface area contributed by atoms with Crippen molar-refractivity contribution >= 4 is 40.7 Å². The Labute approximate surface area is 145 Å². The van der Waals surface area contributed by atoms with Crippen molar-refractivity contribution in [3.63, 3.8) is 0 Å². The lowest BCUT2D eigenvalue weighted by molar-refractivity contribution is 0.257. The fourth-order valence-corrected chi connectivity index (χ4v) is 2.99. The molecule has 0 fully saturated rings. The van der Waals surface area contributed by atoms with Crippen LogP contribution in [0.5, 0.6) is 0 Å². The summed E-state index contributed by atoms with van der Waals surface area (Å²) in [7, 11) is 2.04. The van der Waals surface area contributed by atoms with E-state index < -0.39 is 0 Å². The Morgan fingerprint density at radius 2 is 2.12 bits per heavy atom. The molecule has 4 rings (SSSR count). The van der Waals surface area contributed by atoms with E-state index in [1.165, 1.54) is 11.1 Å². The summed E-state index contributed by atoms with van der Waals surface area (Å²) < 4.78 is 2.11. The molecule has 3 aromatic rings. The molecule has 7 heteroatoms. The number of hydrogen-bond acceptors (Lipinski definition) is 2. The van der Waals surface area contributed by atoms with Crippen LogP contribution in [0.1, 0.15) is 5.56 Å². The van der Waals surface area contributed by atoms with Crippen molar-refractivity contribution in [2.75, 3.05) is 16.8 Å². The van der Waals surface area contributed by atoms with Crippen LogP contribution in [0.2, 0.25) is 0 Å². The number of carbonyl (C=O) groups is 1. The average Bonchev–Trinajstić information content (AvgIpc) is 3.10. The van der Waals surface area contributed by atoms with E-state index in [9.17, 15) is 4.79 Å². The number of amides is 2. The zero-order valence-corrected chi connectivity index (χ0v) is 14.0. The molecule has 0 saturated carbocycles. The van der Waals surface area contributed by atoms with Crippen LogP contribution in [-0.4, -0.2) is 27.6 Å². The monoisotopic (exact) mass is 346 g/mol. The Hall–Kier alpha value is -2.57. The number of aromatic nitrogens is 2. The zero-order chi connectivity index (χ0) is 15.1. The third kappa shape index (κ3) is 2.93. The topological polar surface area (TPSA) is 81.7 Å². The molecule has 24 heavy (non-hydrogen) atoms. The third-order valence-electron chi connectivity index (χ3n) is 4.14. The summed E-state index contributed by atoms with van der Waals surface area (Å²) in [6.07, 6.45) is 6.26. The number of carbonyl (C=O) groups excluding carboxylic acids is 1. The number of nitrogens with one attached hydrogen (secondary N) is 1. The van der Waals surface area contributed by atoms with Gasteiger partial charge in [0, 0.05) is 42.6 Å². The minimum absolute atomic E-state index is 0. The molecule has 1 aliphatic rings. The largest absolute Gasteiger partial charge is 0.412 e. The molecule has 0 unspecified atom stereocenters. The maximum Gasteiger partial charge on any atom is 0.326 e. The van der Waals surface area contributed by atoms with E-state index in [2.05, 4.69) is 33.1 Å². The molecule has 2 amide bonds. The van der Waals surface area contributed by atoms with Gasteiger partial charge in [0.05, 0.1) is 11.9 Å². The van der Waals surface area contributed by atoms with Crippen LogP contribution >= 0.6 is 12.4 Å². The molecule has 0 aliphatic carbocycles. The molecule has 1 aromatic carbocycles. The van der Waals surface area contributed by atoms with Crippen LogP contribution in [0.4, 0.5) is 16.2 Å². The summed E-state index contributed by atoms with van der Waals surface area (Å²) in [5.41, 5.74) is 4.13. The molecule has 1 aliphatic heterocycles. The third-order valence-corrected chi connectivity index (χ3v) is 4.14. The first-order chi connectivity index (χ1) is 10.7. The van der Waals surface area contributed by atoms with Gasteiger partial charge >= 0.3 is 6.03 Å². The number of aryl methyl sites for hydroxylation is 1. The Kier molecular flexibility index (Phi) is 5.11. The van der Waals surface area contributed by atoms with Gasteiger partial charge in [0.1, 0.15) is 0 Å². The van der Waals surface area contributed by atoms with Gasteiger partial charge in [0.2, 0.25) is 0 Å². The Morgan fingerprint density at radius 3 is 2.88 bits per heavy atom. The second kappa shape index (κ2) is 6.90. The van der Waals surface area contributed by atoms with Crippen LogP contribution in [0.25, 0.3) is 10.9 Å². The van der Waals surface area contributed by atoms with Gasteiger partial charge < -0.3 is 15.4 Å². The highest BCUT2D eigenvalue weighted by molar-refractivity contribution is 6.04. The Bertz CT molecular complexity index is 864. The molecule has 2 aromatic heterocycles. The number of pyridine rings is 1. The Balaban J connectivity index is 0.00000104. The number of halogens is 1. The molecular weight excluding hydrogens is 328 g/mol. The summed E-state index contributed by atoms with van der Waals surface area (Å²) in [6, 6.07) is 9.89. The van der Waals surface area contributed by atoms with Crippen molar-refractivity contribution in [3.8, 4) is 0 Å². The van der Waals surface area contributed by atoms with Crippen molar-refractivity contribution in [3.05, 3.63) is 54.5 Å². The molecule has 3 heterocycles. The van der Waals surface area contributed by atoms with Gasteiger partial charge in [-0.3, -0.25) is 9.88 Å². The maximum atomic E-state index is 12.5. The molecule has 0 bridgehead atoms. The summed E-state index contributed by atoms with van der Waals surface area (Å²) in [5.74, 6) is 0. The molecule has 3 N–H and O–H groups in total. The van der Waals surface area contributed by atoms with Gasteiger partial charge in [-0.2, -0.15) is 0 Å². The predicted molar refractivity (Wildman–Crippen MR) is 98.1 cm³/mol. The standard InChI is InChI=1S/C17H16N4O.ClH.H2O/c1-20-7-4-12-10-16-13(9-15(12)20)5-8-21(16)17(22)19-14-3-2-6-18-11-14;;/h2-4,6-7,9-11H,5,8H2,1H3,(H,19,22);1H;1H2. The number of fused-ring (bicyclic) bond motifs is 2. The normalized spacial score (nSPS) is 12.3. The number of urea groups is 1. The molecule has 126 valence electrons. The lowest BCUT2D eigenvalue weighted by atomic mass is 10.1. The summed E-state index contributed by atoms with van der Waals surface area (Å²) in [6.45, 7) is 0.706. The van der Waals surface area contributed by atoms with Gasteiger partial charge in [0.25, 0.3) is 0 Å². The SMILES string of the molecule is Cl.Cn1ccc2cc3c(cc21)CCN3C(=O)Nc1cccnc1.O. The number of hydrogen-bond donors (Lipinski definition) is 1. The van der Waals surface area contributed by atoms with Gasteiger partial charge in [-0.1, -0.05) is 0 Å². The highest BCUT2D eigenvalue weighted by Gasteiger charge is 2.25. The van der Waals surface area contributed by atoms with Crippen LogP contribution < -0.4 is 10.2 Å². The lowest BCUT2D eigenvalue weighted by Crippen LogP contribution is -2.33. The zero-order valence-electron chi connectivity index (χ0n) is 13.2. The smallest absolute Gasteiger partial charge is 0.326 e. The van der Waals surface area contributed by atoms with Gasteiger partial charge in [-0.15, -0.1) is 12.4 Å². The molecule has 0 saturated heterocycles. The maximum absolute atomic E-state index is 12.5. The summed E-state index contributed by atoms with van der Waals surface area (Å²) in [4.78, 5) is 18.3. The molecule has 0 atom stereocenters. The van der Waals surface area contributed by atoms with Crippen LogP contribution in [0.15, 0.2) is 48.9 Å². The van der Waals surface area contributed by atoms with E-state index in [0.29, 0.717) is 12.2 Å². The first-order valence-corrected chi connectivity index (χ1v) is 7.29. The van der Waals surface area contributed by atoms with E-state index in [4.69, 9.17) is 0 Å². The van der Waals surface area contributed by atoms with E-state index in [0.717, 1.165) is 17.5 Å². The van der Waals surface area contributed by atoms with Crippen LogP contribution in [0, 0.1) is 0 Å². The highest BCUT2D eigenvalue weighted by Crippen LogP contribution is 2.33. The fraction of sp³-hybridized carbons (Fsp3) is 0.176. The number of nitrogens with zero attached hydrogens (tertiary/aromatic N) is 3. The van der Waals surface area contributed by atoms with E-state index in [-0.39, 0.29) is 23.9 Å². The summed E-state index contributed by atoms with van der Waals surface area (Å²) >= 11 is 0. The van der Waals surface area contributed by atoms with Gasteiger partial charge in [-0.25, -0.2) is 4.79 Å². The number of anilines is 2. The number of rotatable bonds is 1. The van der Waals surface area contributed by atoms with Crippen molar-refractivity contribution in [2.45, 2.75) is 6.42 Å². The average molecular weight is 347 g/mol. The quantitative estimate of drug-likeness (QED) is 0.735. The molecular formula is C17H19ClN4O2. The Morgan fingerprint density at radius 1 is 1.29 bits per heavy atom. The molecule has 0 radical (unpaired) electrons. The minimum Gasteiger partial charge on any atom is -0.412 e. The van der Waals surface area contributed by atoms with Crippen molar-refractivity contribution in [1.82, 2.24) is 9.55 Å². The van der Waals surface area contributed by atoms with Gasteiger partial charge in [-0.05, 0) is 42.3 Å². The van der Waals surface area contributed by atoms with Crippen molar-refractivity contribution in [2.24, 2.45) is 7.05 Å². The van der Waals surface area contributed by atoms with Crippen molar-refractivity contribution in [1.29, 1.82) is 0 Å². The summed E-state index contributed by atoms with van der Waals surface area (Å²) in [5, 5.41) is 4.05. The van der Waals surface area contributed by atoms with Crippen LogP contribution in [-0.2, 0) is 13.5 Å². The fourth-order valence-electron chi connectivity index (χ4n) is 2.99. The van der Waals surface area contributed by atoms with E-state index in [1.54, 1.807) is 23.4 Å². The highest BCUT2D eigenvalue weighted by atomic mass is 35.5. The molecule has 0 spiro atoms. The van der Waals surface area contributed by atoms with E-state index in [1.807, 2.05) is 19.3 Å². The predicted octanol–water partition coefficient (Wildman–Crippen LogP) is 2.77. The first-order valence-electron chi connectivity index (χ1n) is 7.29. The molecule has 6 nitrogen and oxygen atoms in total. The van der Waals surface area contributed by atoms with E-state index >= 15 is 0 Å². The van der Waals surface area contributed by atoms with Crippen molar-refractivity contribution < 1.29 is 10.3 Å². The second-order valence-electron chi connectivity index (χ2n) is 5.54. The lowest BCUT2D eigenvalue weighted by Gasteiger charge is -2.18. The van der Waals surface area contributed by atoms with Gasteiger partial charge in [0.15, 0.2) is 0 Å². The minimum atomic E-state index is -0.109. The first kappa shape index (κ1) is 17.8. The second-order valence-corrected chi connectivity index (χ2v) is 5.54.